The summed E-state index contributed by atoms with van der Waals surface area (Å²) in [4.78, 5) is 16.3. The summed E-state index contributed by atoms with van der Waals surface area (Å²) in [5, 5.41) is 0. The zero-order valence-electron chi connectivity index (χ0n) is 16.4. The van der Waals surface area contributed by atoms with E-state index in [0.717, 1.165) is 12.8 Å². The van der Waals surface area contributed by atoms with Crippen LogP contribution in [0.5, 0.6) is 0 Å². The second kappa shape index (κ2) is 6.72. The van der Waals surface area contributed by atoms with Crippen LogP contribution >= 0.6 is 0 Å². The van der Waals surface area contributed by atoms with Crippen LogP contribution in [0.2, 0.25) is 0 Å². The van der Waals surface area contributed by atoms with E-state index in [9.17, 15) is 4.79 Å². The van der Waals surface area contributed by atoms with Crippen molar-refractivity contribution in [1.29, 1.82) is 0 Å². The van der Waals surface area contributed by atoms with E-state index < -0.39 is 6.09 Å². The van der Waals surface area contributed by atoms with Gasteiger partial charge in [0.15, 0.2) is 0 Å². The first-order valence-electron chi connectivity index (χ1n) is 9.56. The molecule has 1 saturated carbocycles. The molecule has 2 aliphatic heterocycles. The van der Waals surface area contributed by atoms with Gasteiger partial charge in [-0.05, 0) is 40.0 Å². The number of hydrogen-bond acceptors (Lipinski definition) is 6. The molecule has 7 nitrogen and oxygen atoms in total. The number of rotatable bonds is 5. The first-order valence-corrected chi connectivity index (χ1v) is 9.56. The molecule has 1 unspecified atom stereocenters. The molecule has 148 valence electrons. The Morgan fingerprint density at radius 2 is 2.22 bits per heavy atom. The van der Waals surface area contributed by atoms with Crippen molar-refractivity contribution in [2.24, 2.45) is 5.92 Å². The van der Waals surface area contributed by atoms with Gasteiger partial charge in [0.05, 0.1) is 18.6 Å². The minimum absolute atomic E-state index is 0.0277. The summed E-state index contributed by atoms with van der Waals surface area (Å²) in [6.07, 6.45) is 8.31. The average molecular weight is 376 g/mol. The third-order valence-electron chi connectivity index (χ3n) is 6.20. The average Bonchev–Trinajstić information content (AvgIpc) is 3.46. The molecule has 0 radical (unpaired) electrons. The second-order valence-corrected chi connectivity index (χ2v) is 8.27. The number of imidazole rings is 1. The Hall–Kier alpha value is -1.70. The van der Waals surface area contributed by atoms with Crippen LogP contribution in [0, 0.1) is 5.92 Å². The Balaban J connectivity index is 1.52. The van der Waals surface area contributed by atoms with Crippen molar-refractivity contribution in [3.05, 3.63) is 30.4 Å². The second-order valence-electron chi connectivity index (χ2n) is 8.27. The molecule has 0 amide bonds. The number of allylic oxidation sites excluding steroid dienone is 1. The monoisotopic (exact) mass is 376 g/mol. The number of ether oxygens (including phenoxy) is 4. The maximum Gasteiger partial charge on any atom is 0.419 e. The van der Waals surface area contributed by atoms with Crippen LogP contribution < -0.4 is 0 Å². The summed E-state index contributed by atoms with van der Waals surface area (Å²) in [6, 6.07) is 0. The van der Waals surface area contributed by atoms with Crippen molar-refractivity contribution in [3.8, 4) is 0 Å². The van der Waals surface area contributed by atoms with Gasteiger partial charge in [-0.25, -0.2) is 14.3 Å². The fourth-order valence-electron chi connectivity index (χ4n) is 4.63. The molecule has 1 spiro atoms. The quantitative estimate of drug-likeness (QED) is 0.581. The van der Waals surface area contributed by atoms with Gasteiger partial charge in [0, 0.05) is 19.5 Å². The Bertz CT molecular complexity index is 723. The van der Waals surface area contributed by atoms with Crippen LogP contribution in [0.1, 0.15) is 40.0 Å². The van der Waals surface area contributed by atoms with E-state index in [1.165, 1.54) is 16.5 Å². The highest BCUT2D eigenvalue weighted by atomic mass is 16.6. The molecule has 3 aliphatic rings. The van der Waals surface area contributed by atoms with Crippen molar-refractivity contribution in [3.63, 3.8) is 0 Å². The Morgan fingerprint density at radius 1 is 1.44 bits per heavy atom. The van der Waals surface area contributed by atoms with Crippen LogP contribution in [0.4, 0.5) is 4.79 Å². The van der Waals surface area contributed by atoms with E-state index >= 15 is 0 Å². The summed E-state index contributed by atoms with van der Waals surface area (Å²) in [5.74, 6) is 0.0277. The highest BCUT2D eigenvalue weighted by Gasteiger charge is 2.72. The molecule has 0 bridgehead atoms. The van der Waals surface area contributed by atoms with E-state index in [1.807, 2.05) is 0 Å². The Morgan fingerprint density at radius 3 is 2.81 bits per heavy atom. The first kappa shape index (κ1) is 18.7. The first-order chi connectivity index (χ1) is 12.9. The highest BCUT2D eigenvalue weighted by Crippen LogP contribution is 2.59. The topological polar surface area (TPSA) is 78.4 Å². The zero-order valence-corrected chi connectivity index (χ0v) is 16.4. The highest BCUT2D eigenvalue weighted by molar-refractivity contribution is 5.70. The summed E-state index contributed by atoms with van der Waals surface area (Å²) < 4.78 is 25.1. The molecular formula is C20H28N2O5. The van der Waals surface area contributed by atoms with Crippen molar-refractivity contribution in [1.82, 2.24) is 9.55 Å². The molecule has 2 saturated heterocycles. The molecule has 4 rings (SSSR count). The van der Waals surface area contributed by atoms with E-state index in [1.54, 1.807) is 19.5 Å². The summed E-state index contributed by atoms with van der Waals surface area (Å²) in [5.41, 5.74) is 0.736. The minimum Gasteiger partial charge on any atom is -0.443 e. The van der Waals surface area contributed by atoms with E-state index in [0.29, 0.717) is 13.0 Å². The van der Waals surface area contributed by atoms with Crippen LogP contribution in [0.15, 0.2) is 30.4 Å². The Kier molecular flexibility index (Phi) is 4.64. The smallest absolute Gasteiger partial charge is 0.419 e. The lowest BCUT2D eigenvalue weighted by molar-refractivity contribution is -0.117. The van der Waals surface area contributed by atoms with E-state index in [-0.39, 0.29) is 35.4 Å². The molecule has 0 N–H and O–H groups in total. The SMILES string of the molecule is CO[C@H]1C([C@@]2(C)O[C@@H]2CC=C(C)C)[C@]2(CC[C@H]1OC(=O)n1ccnc1)CO2. The normalized spacial score (nSPS) is 39.9. The van der Waals surface area contributed by atoms with Gasteiger partial charge in [-0.15, -0.1) is 0 Å². The Labute approximate surface area is 159 Å². The van der Waals surface area contributed by atoms with Crippen molar-refractivity contribution < 1.29 is 23.7 Å². The van der Waals surface area contributed by atoms with Gasteiger partial charge < -0.3 is 18.9 Å². The van der Waals surface area contributed by atoms with Gasteiger partial charge >= 0.3 is 6.09 Å². The van der Waals surface area contributed by atoms with Crippen LogP contribution in [-0.4, -0.2) is 58.9 Å². The number of epoxide rings is 2. The molecule has 0 aromatic carbocycles. The molecule has 1 aromatic heterocycles. The lowest BCUT2D eigenvalue weighted by Crippen LogP contribution is -2.55. The predicted molar refractivity (Wildman–Crippen MR) is 97.4 cm³/mol. The van der Waals surface area contributed by atoms with Gasteiger partial charge in [0.25, 0.3) is 0 Å². The third kappa shape index (κ3) is 3.32. The number of carbonyl (C=O) groups is 1. The molecule has 1 aliphatic carbocycles. The van der Waals surface area contributed by atoms with Crippen LogP contribution in [0.3, 0.4) is 0 Å². The maximum atomic E-state index is 12.4. The molecule has 7 heteroatoms. The third-order valence-corrected chi connectivity index (χ3v) is 6.20. The number of methoxy groups -OCH3 is 1. The lowest BCUT2D eigenvalue weighted by Gasteiger charge is -2.42. The minimum atomic E-state index is -0.436. The summed E-state index contributed by atoms with van der Waals surface area (Å²) in [7, 11) is 1.67. The number of aromatic nitrogens is 2. The molecule has 27 heavy (non-hydrogen) atoms. The molecule has 3 heterocycles. The van der Waals surface area contributed by atoms with Gasteiger partial charge in [0.1, 0.15) is 29.7 Å². The predicted octanol–water partition coefficient (Wildman–Crippen LogP) is 2.94. The largest absolute Gasteiger partial charge is 0.443 e. The van der Waals surface area contributed by atoms with E-state index in [4.69, 9.17) is 18.9 Å². The van der Waals surface area contributed by atoms with Crippen molar-refractivity contribution in [2.75, 3.05) is 13.7 Å². The summed E-state index contributed by atoms with van der Waals surface area (Å²) >= 11 is 0. The van der Waals surface area contributed by atoms with Crippen molar-refractivity contribution >= 4 is 6.09 Å². The molecular weight excluding hydrogens is 348 g/mol. The number of nitrogens with zero attached hydrogens (tertiary/aromatic N) is 2. The van der Waals surface area contributed by atoms with Crippen LogP contribution in [-0.2, 0) is 18.9 Å². The van der Waals surface area contributed by atoms with Gasteiger partial charge in [0.2, 0.25) is 0 Å². The van der Waals surface area contributed by atoms with Gasteiger partial charge in [-0.1, -0.05) is 11.6 Å². The summed E-state index contributed by atoms with van der Waals surface area (Å²) in [6.45, 7) is 7.04. The number of carbonyl (C=O) groups excluding carboxylic acids is 1. The standard InChI is InChI=1S/C20H28N2O5/c1-13(2)5-6-15-19(3,27-15)17-16(24-4)14(7-8-20(17)11-25-20)26-18(23)22-10-9-21-12-22/h5,9-10,12,14-17H,6-8,11H2,1-4H3/t14-,15-,16-,17?,19+,20+/m1/s1. The fourth-order valence-corrected chi connectivity index (χ4v) is 4.63. The van der Waals surface area contributed by atoms with Crippen LogP contribution in [0.25, 0.3) is 0 Å². The molecule has 1 aromatic rings. The molecule has 3 fully saturated rings. The lowest BCUT2D eigenvalue weighted by atomic mass is 9.68. The van der Waals surface area contributed by atoms with Crippen molar-refractivity contribution in [2.45, 2.75) is 69.5 Å². The zero-order chi connectivity index (χ0) is 19.2. The molecule has 6 atom stereocenters. The van der Waals surface area contributed by atoms with Gasteiger partial charge in [-0.3, -0.25) is 0 Å². The number of hydrogen-bond donors (Lipinski definition) is 0. The van der Waals surface area contributed by atoms with Gasteiger partial charge in [-0.2, -0.15) is 0 Å². The maximum absolute atomic E-state index is 12.4. The fraction of sp³-hybridized carbons (Fsp3) is 0.700. The van der Waals surface area contributed by atoms with E-state index in [2.05, 4.69) is 31.8 Å².